The Morgan fingerprint density at radius 3 is 2.35 bits per heavy atom. The van der Waals surface area contributed by atoms with Crippen LogP contribution in [0.2, 0.25) is 0 Å². The lowest BCUT2D eigenvalue weighted by Crippen LogP contribution is -2.49. The molecule has 0 fully saturated rings. The molecule has 2 unspecified atom stereocenters. The second-order valence-electron chi connectivity index (χ2n) is 14.5. The number of fused-ring (bicyclic) bond motifs is 19. The standard InChI is InChI=1S/C47H33N3S/c1-28-24-41-32(30-12-2-3-13-31(30)38-16-9-11-23-49(38)41)21-20-29-25-42-36(26-35(29)39-17-8-10-22-48(28)39)37-27-44-45(34-15-5-7-19-43(34)51-44)46-33-14-4-6-18-40(33)50(42)47(37)46/h2-19,22-23,25-27,32,41H,1,20-21,24H2/q+2. The summed E-state index contributed by atoms with van der Waals surface area (Å²) < 4.78 is 10.2. The smallest absolute Gasteiger partial charge is 0.218 e. The van der Waals surface area contributed by atoms with Crippen LogP contribution in [0.15, 0.2) is 146 Å². The molecule has 12 rings (SSSR count). The molecule has 5 aromatic heterocycles. The normalized spacial score (nSPS) is 17.2. The zero-order valence-electron chi connectivity index (χ0n) is 28.0. The molecule has 0 bridgehead atoms. The Balaban J connectivity index is 1.17. The summed E-state index contributed by atoms with van der Waals surface area (Å²) >= 11 is 1.92. The SMILES string of the molecule is C=C1CC2C(CCc3cc4c(cc3-c3cccc[n+]31)c1cc3sc5ccccc5c3c3c5ccccc5n4c13)c1ccccc1-c1cccc[n+]12. The van der Waals surface area contributed by atoms with Gasteiger partial charge in [0.05, 0.1) is 28.5 Å². The van der Waals surface area contributed by atoms with Gasteiger partial charge in [-0.3, -0.25) is 0 Å². The molecular formula is C47H33N3S+2. The number of hydrogen-bond donors (Lipinski definition) is 0. The number of aromatic nitrogens is 3. The van der Waals surface area contributed by atoms with Gasteiger partial charge in [-0.15, -0.1) is 11.3 Å². The van der Waals surface area contributed by atoms with E-state index in [9.17, 15) is 0 Å². The van der Waals surface area contributed by atoms with Crippen molar-refractivity contribution in [2.24, 2.45) is 0 Å². The first-order chi connectivity index (χ1) is 25.2. The summed E-state index contributed by atoms with van der Waals surface area (Å²) in [6.07, 6.45) is 7.43. The Labute approximate surface area is 298 Å². The topological polar surface area (TPSA) is 12.2 Å². The fraction of sp³-hybridized carbons (Fsp3) is 0.106. The second kappa shape index (κ2) is 10.1. The number of hydrogen-bond acceptors (Lipinski definition) is 1. The predicted octanol–water partition coefficient (Wildman–Crippen LogP) is 11.3. The molecule has 0 saturated heterocycles. The lowest BCUT2D eigenvalue weighted by Gasteiger charge is -2.31. The average Bonchev–Trinajstić information content (AvgIpc) is 3.83. The third-order valence-corrected chi connectivity index (χ3v) is 13.1. The van der Waals surface area contributed by atoms with Crippen LogP contribution in [-0.4, -0.2) is 4.40 Å². The Morgan fingerprint density at radius 1 is 0.627 bits per heavy atom. The molecule has 10 aromatic rings. The first-order valence-electron chi connectivity index (χ1n) is 18.1. The van der Waals surface area contributed by atoms with Crippen molar-refractivity contribution >= 4 is 75.3 Å². The van der Waals surface area contributed by atoms with Gasteiger partial charge in [0, 0.05) is 77.5 Å². The molecule has 0 radical (unpaired) electrons. The Hall–Kier alpha value is -5.84. The molecule has 2 aliphatic heterocycles. The first-order valence-corrected chi connectivity index (χ1v) is 18.9. The highest BCUT2D eigenvalue weighted by molar-refractivity contribution is 7.26. The number of para-hydroxylation sites is 1. The van der Waals surface area contributed by atoms with Crippen molar-refractivity contribution in [3.8, 4) is 22.5 Å². The number of thiophene rings is 1. The highest BCUT2D eigenvalue weighted by Crippen LogP contribution is 2.49. The van der Waals surface area contributed by atoms with Gasteiger partial charge < -0.3 is 4.40 Å². The summed E-state index contributed by atoms with van der Waals surface area (Å²) in [6, 6.07) is 48.1. The van der Waals surface area contributed by atoms with Gasteiger partial charge in [0.2, 0.25) is 11.4 Å². The van der Waals surface area contributed by atoms with E-state index in [-0.39, 0.29) is 6.04 Å². The molecular weight excluding hydrogens is 639 g/mol. The third-order valence-electron chi connectivity index (χ3n) is 12.0. The quantitative estimate of drug-likeness (QED) is 0.142. The van der Waals surface area contributed by atoms with Gasteiger partial charge in [-0.05, 0) is 79.1 Å². The molecule has 0 amide bonds. The molecule has 2 aliphatic rings. The van der Waals surface area contributed by atoms with Crippen LogP contribution in [0.1, 0.15) is 35.9 Å². The fourth-order valence-corrected chi connectivity index (χ4v) is 11.1. The lowest BCUT2D eigenvalue weighted by molar-refractivity contribution is -0.720. The number of benzene rings is 5. The van der Waals surface area contributed by atoms with E-state index in [1.807, 2.05) is 11.3 Å². The molecule has 0 N–H and O–H groups in total. The minimum atomic E-state index is 0.278. The van der Waals surface area contributed by atoms with E-state index in [2.05, 4.69) is 153 Å². The van der Waals surface area contributed by atoms with Crippen LogP contribution in [0.3, 0.4) is 0 Å². The lowest BCUT2D eigenvalue weighted by atomic mass is 9.77. The largest absolute Gasteiger partial charge is 0.308 e. The van der Waals surface area contributed by atoms with Crippen molar-refractivity contribution in [2.75, 3.05) is 0 Å². The molecule has 3 nitrogen and oxygen atoms in total. The van der Waals surface area contributed by atoms with Gasteiger partial charge in [0.15, 0.2) is 24.1 Å². The van der Waals surface area contributed by atoms with Crippen LogP contribution >= 0.6 is 11.3 Å². The molecule has 240 valence electrons. The highest BCUT2D eigenvalue weighted by atomic mass is 32.1. The number of allylic oxidation sites excluding steroid dienone is 1. The van der Waals surface area contributed by atoms with Crippen LogP contribution in [-0.2, 0) is 6.42 Å². The Bertz CT molecular complexity index is 3110. The van der Waals surface area contributed by atoms with E-state index >= 15 is 0 Å². The van der Waals surface area contributed by atoms with E-state index in [4.69, 9.17) is 6.58 Å². The monoisotopic (exact) mass is 671 g/mol. The summed E-state index contributed by atoms with van der Waals surface area (Å²) in [6.45, 7) is 4.79. The summed E-state index contributed by atoms with van der Waals surface area (Å²) in [7, 11) is 0. The Morgan fingerprint density at radius 2 is 1.41 bits per heavy atom. The van der Waals surface area contributed by atoms with Gasteiger partial charge in [0.25, 0.3) is 0 Å². The summed E-state index contributed by atoms with van der Waals surface area (Å²) in [5, 5.41) is 8.12. The van der Waals surface area contributed by atoms with E-state index in [0.29, 0.717) is 5.92 Å². The molecule has 7 heterocycles. The zero-order valence-corrected chi connectivity index (χ0v) is 28.8. The summed E-state index contributed by atoms with van der Waals surface area (Å²) in [5.41, 5.74) is 13.1. The van der Waals surface area contributed by atoms with Gasteiger partial charge in [-0.1, -0.05) is 54.6 Å². The average molecular weight is 672 g/mol. The zero-order chi connectivity index (χ0) is 33.4. The van der Waals surface area contributed by atoms with Crippen LogP contribution in [0.4, 0.5) is 0 Å². The minimum absolute atomic E-state index is 0.278. The van der Waals surface area contributed by atoms with Gasteiger partial charge in [-0.25, -0.2) is 0 Å². The van der Waals surface area contributed by atoms with Gasteiger partial charge in [-0.2, -0.15) is 9.13 Å². The van der Waals surface area contributed by atoms with Crippen LogP contribution in [0, 0.1) is 0 Å². The van der Waals surface area contributed by atoms with E-state index in [0.717, 1.165) is 25.0 Å². The second-order valence-corrected chi connectivity index (χ2v) is 15.6. The fourth-order valence-electron chi connectivity index (χ4n) is 9.91. The molecule has 2 atom stereocenters. The maximum Gasteiger partial charge on any atom is 0.218 e. The van der Waals surface area contributed by atoms with Crippen molar-refractivity contribution in [3.05, 3.63) is 157 Å². The minimum Gasteiger partial charge on any atom is -0.308 e. The van der Waals surface area contributed by atoms with Crippen molar-refractivity contribution in [1.82, 2.24) is 4.40 Å². The molecule has 51 heavy (non-hydrogen) atoms. The third kappa shape index (κ3) is 3.67. The number of pyridine rings is 2. The van der Waals surface area contributed by atoms with Crippen molar-refractivity contribution in [1.29, 1.82) is 0 Å². The van der Waals surface area contributed by atoms with Gasteiger partial charge in [0.1, 0.15) is 0 Å². The van der Waals surface area contributed by atoms with Crippen molar-refractivity contribution in [2.45, 2.75) is 31.2 Å². The molecule has 0 spiro atoms. The van der Waals surface area contributed by atoms with E-state index in [1.165, 1.54) is 91.9 Å². The number of nitrogens with zero attached hydrogens (tertiary/aromatic N) is 3. The van der Waals surface area contributed by atoms with E-state index in [1.54, 1.807) is 0 Å². The van der Waals surface area contributed by atoms with Crippen molar-refractivity contribution in [3.63, 3.8) is 0 Å². The number of rotatable bonds is 0. The predicted molar refractivity (Wildman–Crippen MR) is 212 cm³/mol. The highest BCUT2D eigenvalue weighted by Gasteiger charge is 2.42. The molecule has 0 aliphatic carbocycles. The Kier molecular flexibility index (Phi) is 5.54. The number of aryl methyl sites for hydroxylation is 1. The summed E-state index contributed by atoms with van der Waals surface area (Å²) in [5.74, 6) is 0.362. The molecule has 0 saturated carbocycles. The van der Waals surface area contributed by atoms with Crippen LogP contribution in [0.5, 0.6) is 0 Å². The summed E-state index contributed by atoms with van der Waals surface area (Å²) in [4.78, 5) is 0. The maximum atomic E-state index is 4.79. The first kappa shape index (κ1) is 27.9. The van der Waals surface area contributed by atoms with Crippen molar-refractivity contribution < 1.29 is 9.13 Å². The van der Waals surface area contributed by atoms with E-state index < -0.39 is 0 Å². The van der Waals surface area contributed by atoms with Gasteiger partial charge >= 0.3 is 0 Å². The molecule has 4 heteroatoms. The molecule has 5 aromatic carbocycles. The maximum absolute atomic E-state index is 4.79. The van der Waals surface area contributed by atoms with Crippen LogP contribution < -0.4 is 9.13 Å². The van der Waals surface area contributed by atoms with Crippen LogP contribution in [0.25, 0.3) is 86.5 Å².